The van der Waals surface area contributed by atoms with Crippen molar-refractivity contribution in [2.24, 2.45) is 7.05 Å². The number of aryl methyl sites for hydroxylation is 2. The molecule has 130 valence electrons. The summed E-state index contributed by atoms with van der Waals surface area (Å²) in [6.45, 7) is 8.66. The van der Waals surface area contributed by atoms with Crippen molar-refractivity contribution < 1.29 is 4.74 Å². The van der Waals surface area contributed by atoms with Crippen molar-refractivity contribution in [3.05, 3.63) is 35.2 Å². The monoisotopic (exact) mass is 330 g/mol. The van der Waals surface area contributed by atoms with Gasteiger partial charge in [-0.25, -0.2) is 4.98 Å². The fourth-order valence-corrected chi connectivity index (χ4v) is 3.78. The molecule has 7 heteroatoms. The first-order chi connectivity index (χ1) is 11.7. The van der Waals surface area contributed by atoms with Gasteiger partial charge in [-0.1, -0.05) is 0 Å². The van der Waals surface area contributed by atoms with Crippen LogP contribution < -0.4 is 0 Å². The summed E-state index contributed by atoms with van der Waals surface area (Å²) in [6.07, 6.45) is 2.99. The van der Waals surface area contributed by atoms with Crippen LogP contribution in [0.4, 0.5) is 0 Å². The summed E-state index contributed by atoms with van der Waals surface area (Å²) in [4.78, 5) is 9.65. The van der Waals surface area contributed by atoms with Crippen LogP contribution in [0.2, 0.25) is 0 Å². The number of ether oxygens (including phenoxy) is 1. The fraction of sp³-hybridized carbons (Fsp3) is 0.647. The SMILES string of the molecule is Cc1cc(CN2Cc3ncn(C)c3C[C@H]2CN2CCOCC2)n[nH]1. The van der Waals surface area contributed by atoms with Gasteiger partial charge in [0.25, 0.3) is 0 Å². The van der Waals surface area contributed by atoms with Crippen LogP contribution in [0.3, 0.4) is 0 Å². The lowest BCUT2D eigenvalue weighted by Gasteiger charge is -2.39. The van der Waals surface area contributed by atoms with E-state index in [1.54, 1.807) is 0 Å². The van der Waals surface area contributed by atoms with Gasteiger partial charge in [0.2, 0.25) is 0 Å². The first kappa shape index (κ1) is 15.8. The fourth-order valence-electron chi connectivity index (χ4n) is 3.78. The van der Waals surface area contributed by atoms with Gasteiger partial charge in [-0.15, -0.1) is 0 Å². The number of H-pyrrole nitrogens is 1. The van der Waals surface area contributed by atoms with Gasteiger partial charge in [-0.3, -0.25) is 14.9 Å². The number of aromatic amines is 1. The largest absolute Gasteiger partial charge is 0.379 e. The van der Waals surface area contributed by atoms with Crippen LogP contribution in [0.5, 0.6) is 0 Å². The minimum absolute atomic E-state index is 0.489. The third kappa shape index (κ3) is 3.24. The molecular formula is C17H26N6O. The number of morpholine rings is 1. The van der Waals surface area contributed by atoms with E-state index in [0.717, 1.165) is 63.7 Å². The zero-order valence-electron chi connectivity index (χ0n) is 14.5. The van der Waals surface area contributed by atoms with Crippen molar-refractivity contribution in [2.45, 2.75) is 32.5 Å². The predicted molar refractivity (Wildman–Crippen MR) is 90.5 cm³/mol. The molecule has 4 rings (SSSR count). The molecule has 0 bridgehead atoms. The normalized spacial score (nSPS) is 22.7. The smallest absolute Gasteiger partial charge is 0.0949 e. The Labute approximate surface area is 142 Å². The Morgan fingerprint density at radius 2 is 2.17 bits per heavy atom. The molecule has 0 radical (unpaired) electrons. The summed E-state index contributed by atoms with van der Waals surface area (Å²) in [5, 5.41) is 7.48. The summed E-state index contributed by atoms with van der Waals surface area (Å²) < 4.78 is 7.67. The van der Waals surface area contributed by atoms with Gasteiger partial charge < -0.3 is 9.30 Å². The molecule has 0 spiro atoms. The lowest BCUT2D eigenvalue weighted by atomic mass is 10.0. The van der Waals surface area contributed by atoms with Crippen molar-refractivity contribution >= 4 is 0 Å². The highest BCUT2D eigenvalue weighted by atomic mass is 16.5. The summed E-state index contributed by atoms with van der Waals surface area (Å²) >= 11 is 0. The molecule has 1 saturated heterocycles. The Morgan fingerprint density at radius 3 is 2.92 bits per heavy atom. The number of hydrogen-bond donors (Lipinski definition) is 1. The van der Waals surface area contributed by atoms with Crippen LogP contribution >= 0.6 is 0 Å². The van der Waals surface area contributed by atoms with Crippen molar-refractivity contribution in [1.82, 2.24) is 29.5 Å². The second-order valence-corrected chi connectivity index (χ2v) is 6.97. The highest BCUT2D eigenvalue weighted by Gasteiger charge is 2.31. The average Bonchev–Trinajstić information content (AvgIpc) is 3.15. The maximum Gasteiger partial charge on any atom is 0.0949 e. The molecule has 0 aromatic carbocycles. The molecule has 2 aliphatic heterocycles. The lowest BCUT2D eigenvalue weighted by Crippen LogP contribution is -2.50. The van der Waals surface area contributed by atoms with E-state index < -0.39 is 0 Å². The molecule has 1 N–H and O–H groups in total. The summed E-state index contributed by atoms with van der Waals surface area (Å²) in [6, 6.07) is 2.63. The molecule has 0 unspecified atom stereocenters. The number of imidazole rings is 1. The van der Waals surface area contributed by atoms with Gasteiger partial charge in [-0.05, 0) is 13.0 Å². The van der Waals surface area contributed by atoms with E-state index in [-0.39, 0.29) is 0 Å². The standard InChI is InChI=1S/C17H26N6O/c1-13-7-14(20-19-13)9-23-11-16-17(21(2)12-18-16)8-15(23)10-22-3-5-24-6-4-22/h7,12,15H,3-6,8-11H2,1-2H3,(H,19,20)/t15-/m0/s1. The van der Waals surface area contributed by atoms with E-state index in [4.69, 9.17) is 4.74 Å². The number of rotatable bonds is 4. The Bertz CT molecular complexity index is 687. The van der Waals surface area contributed by atoms with Crippen molar-refractivity contribution in [1.29, 1.82) is 0 Å². The van der Waals surface area contributed by atoms with E-state index in [9.17, 15) is 0 Å². The second kappa shape index (κ2) is 6.66. The molecule has 2 aromatic rings. The Balaban J connectivity index is 1.53. The van der Waals surface area contributed by atoms with Gasteiger partial charge in [0.15, 0.2) is 0 Å². The van der Waals surface area contributed by atoms with Crippen LogP contribution in [0.25, 0.3) is 0 Å². The molecule has 1 atom stereocenters. The molecule has 0 saturated carbocycles. The van der Waals surface area contributed by atoms with Crippen LogP contribution in [-0.2, 0) is 31.3 Å². The molecule has 1 fully saturated rings. The zero-order chi connectivity index (χ0) is 16.5. The van der Waals surface area contributed by atoms with E-state index >= 15 is 0 Å². The second-order valence-electron chi connectivity index (χ2n) is 6.97. The molecule has 7 nitrogen and oxygen atoms in total. The molecule has 24 heavy (non-hydrogen) atoms. The first-order valence-corrected chi connectivity index (χ1v) is 8.73. The number of nitrogens with zero attached hydrogens (tertiary/aromatic N) is 5. The Hall–Kier alpha value is -1.70. The average molecular weight is 330 g/mol. The maximum absolute atomic E-state index is 5.49. The highest BCUT2D eigenvalue weighted by Crippen LogP contribution is 2.24. The molecule has 4 heterocycles. The first-order valence-electron chi connectivity index (χ1n) is 8.73. The molecule has 0 amide bonds. The van der Waals surface area contributed by atoms with Crippen LogP contribution in [0, 0.1) is 6.92 Å². The number of nitrogens with one attached hydrogen (secondary N) is 1. The minimum Gasteiger partial charge on any atom is -0.379 e. The van der Waals surface area contributed by atoms with E-state index in [1.807, 2.05) is 6.33 Å². The lowest BCUT2D eigenvalue weighted by molar-refractivity contribution is 0.0178. The van der Waals surface area contributed by atoms with Gasteiger partial charge in [-0.2, -0.15) is 5.10 Å². The van der Waals surface area contributed by atoms with Crippen LogP contribution in [0.1, 0.15) is 22.8 Å². The van der Waals surface area contributed by atoms with Gasteiger partial charge in [0.1, 0.15) is 0 Å². The van der Waals surface area contributed by atoms with Crippen molar-refractivity contribution in [3.63, 3.8) is 0 Å². The Morgan fingerprint density at radius 1 is 1.33 bits per heavy atom. The van der Waals surface area contributed by atoms with Crippen molar-refractivity contribution in [2.75, 3.05) is 32.8 Å². The Kier molecular flexibility index (Phi) is 4.39. The minimum atomic E-state index is 0.489. The van der Waals surface area contributed by atoms with Gasteiger partial charge >= 0.3 is 0 Å². The maximum atomic E-state index is 5.49. The molecule has 2 aromatic heterocycles. The number of aromatic nitrogens is 4. The quantitative estimate of drug-likeness (QED) is 0.895. The zero-order valence-corrected chi connectivity index (χ0v) is 14.5. The summed E-state index contributed by atoms with van der Waals surface area (Å²) in [7, 11) is 2.10. The van der Waals surface area contributed by atoms with Crippen LogP contribution in [0.15, 0.2) is 12.4 Å². The van der Waals surface area contributed by atoms with E-state index in [0.29, 0.717) is 6.04 Å². The third-order valence-corrected chi connectivity index (χ3v) is 5.14. The van der Waals surface area contributed by atoms with Gasteiger partial charge in [0, 0.05) is 63.6 Å². The molecule has 0 aliphatic carbocycles. The van der Waals surface area contributed by atoms with E-state index in [1.165, 1.54) is 11.4 Å². The molecular weight excluding hydrogens is 304 g/mol. The summed E-state index contributed by atoms with van der Waals surface area (Å²) in [5.74, 6) is 0. The number of fused-ring (bicyclic) bond motifs is 1. The predicted octanol–water partition coefficient (Wildman–Crippen LogP) is 0.711. The molecule has 2 aliphatic rings. The highest BCUT2D eigenvalue weighted by molar-refractivity contribution is 5.19. The van der Waals surface area contributed by atoms with Crippen LogP contribution in [-0.4, -0.2) is 68.4 Å². The topological polar surface area (TPSA) is 62.2 Å². The number of hydrogen-bond acceptors (Lipinski definition) is 5. The third-order valence-electron chi connectivity index (χ3n) is 5.14. The van der Waals surface area contributed by atoms with E-state index in [2.05, 4.69) is 49.6 Å². The summed E-state index contributed by atoms with van der Waals surface area (Å²) in [5.41, 5.74) is 4.81. The van der Waals surface area contributed by atoms with Gasteiger partial charge in [0.05, 0.1) is 30.9 Å². The van der Waals surface area contributed by atoms with Crippen molar-refractivity contribution in [3.8, 4) is 0 Å².